The van der Waals surface area contributed by atoms with Gasteiger partial charge in [0.25, 0.3) is 5.91 Å². The van der Waals surface area contributed by atoms with E-state index >= 15 is 0 Å². The monoisotopic (exact) mass is 448 g/mol. The van der Waals surface area contributed by atoms with Crippen molar-refractivity contribution < 1.29 is 19.5 Å². The zero-order valence-corrected chi connectivity index (χ0v) is 20.2. The maximum Gasteiger partial charge on any atom is 0.307 e. The Bertz CT molecular complexity index is 852. The van der Waals surface area contributed by atoms with E-state index in [-0.39, 0.29) is 23.3 Å². The molecule has 3 rings (SSSR count). The van der Waals surface area contributed by atoms with E-state index in [4.69, 9.17) is 0 Å². The van der Waals surface area contributed by atoms with Crippen LogP contribution in [0.4, 0.5) is 5.00 Å². The molecule has 2 amide bonds. The van der Waals surface area contributed by atoms with Crippen molar-refractivity contribution in [2.75, 3.05) is 5.32 Å². The maximum atomic E-state index is 13.1. The number of fused-ring (bicyclic) bond motifs is 1. The third-order valence-electron chi connectivity index (χ3n) is 6.79. The van der Waals surface area contributed by atoms with Crippen LogP contribution in [0.25, 0.3) is 0 Å². The molecule has 0 radical (unpaired) electrons. The van der Waals surface area contributed by atoms with Crippen molar-refractivity contribution in [2.45, 2.75) is 85.6 Å². The van der Waals surface area contributed by atoms with Gasteiger partial charge in [-0.1, -0.05) is 33.6 Å². The first-order chi connectivity index (χ1) is 14.5. The summed E-state index contributed by atoms with van der Waals surface area (Å²) in [5.74, 6) is -2.00. The number of thiophene rings is 1. The normalized spacial score (nSPS) is 23.9. The molecule has 1 heterocycles. The molecule has 6 nitrogen and oxygen atoms in total. The Balaban J connectivity index is 1.91. The van der Waals surface area contributed by atoms with Crippen LogP contribution in [0.2, 0.25) is 0 Å². The van der Waals surface area contributed by atoms with Crippen molar-refractivity contribution in [3.8, 4) is 0 Å². The van der Waals surface area contributed by atoms with Crippen molar-refractivity contribution in [3.63, 3.8) is 0 Å². The van der Waals surface area contributed by atoms with Crippen molar-refractivity contribution >= 4 is 34.1 Å². The molecule has 0 spiro atoms. The first-order valence-electron chi connectivity index (χ1n) is 11.5. The fourth-order valence-corrected chi connectivity index (χ4v) is 6.26. The minimum atomic E-state index is -0.906. The van der Waals surface area contributed by atoms with E-state index in [1.54, 1.807) is 0 Å². The molecule has 3 N–H and O–H groups in total. The van der Waals surface area contributed by atoms with Crippen LogP contribution >= 0.6 is 11.3 Å². The lowest BCUT2D eigenvalue weighted by Gasteiger charge is -2.33. The molecule has 172 valence electrons. The van der Waals surface area contributed by atoms with Crippen LogP contribution in [0.1, 0.15) is 87.5 Å². The summed E-state index contributed by atoms with van der Waals surface area (Å²) in [6.45, 7) is 10.6. The van der Waals surface area contributed by atoms with E-state index in [9.17, 15) is 19.5 Å². The largest absolute Gasteiger partial charge is 0.481 e. The van der Waals surface area contributed by atoms with Crippen LogP contribution in [0.3, 0.4) is 0 Å². The minimum Gasteiger partial charge on any atom is -0.481 e. The summed E-state index contributed by atoms with van der Waals surface area (Å²) >= 11 is 1.50. The molecule has 0 aromatic carbocycles. The van der Waals surface area contributed by atoms with Crippen LogP contribution in [-0.2, 0) is 22.4 Å². The van der Waals surface area contributed by atoms with E-state index in [1.807, 2.05) is 13.8 Å². The standard InChI is InChI=1S/C24H36N2O4S/c1-13(2)25-21(28)19-17-11-10-14(24(3,4)5)12-18(17)31-22(19)26-20(27)15-8-6-7-9-16(15)23(29)30/h13-16H,6-12H2,1-5H3,(H,25,28)(H,26,27)(H,29,30)/t14-,15-,16-/m0/s1. The van der Waals surface area contributed by atoms with E-state index in [0.29, 0.717) is 29.3 Å². The average Bonchev–Trinajstić information content (AvgIpc) is 3.03. The summed E-state index contributed by atoms with van der Waals surface area (Å²) in [5.41, 5.74) is 1.82. The van der Waals surface area contributed by atoms with Gasteiger partial charge in [0.15, 0.2) is 0 Å². The number of aliphatic carboxylic acids is 1. The molecule has 1 fully saturated rings. The molecule has 7 heteroatoms. The predicted molar refractivity (Wildman–Crippen MR) is 124 cm³/mol. The molecular formula is C24H36N2O4S. The molecule has 0 bridgehead atoms. The van der Waals surface area contributed by atoms with Gasteiger partial charge in [0, 0.05) is 10.9 Å². The van der Waals surface area contributed by atoms with Crippen molar-refractivity contribution in [2.24, 2.45) is 23.2 Å². The number of nitrogens with one attached hydrogen (secondary N) is 2. The Labute approximate surface area is 189 Å². The molecule has 1 aromatic heterocycles. The van der Waals surface area contributed by atoms with E-state index in [2.05, 4.69) is 31.4 Å². The number of hydrogen-bond acceptors (Lipinski definition) is 4. The van der Waals surface area contributed by atoms with Gasteiger partial charge in [0.05, 0.1) is 17.4 Å². The Hall–Kier alpha value is -1.89. The molecule has 0 aliphatic heterocycles. The lowest BCUT2D eigenvalue weighted by atomic mass is 9.72. The van der Waals surface area contributed by atoms with Gasteiger partial charge in [0.1, 0.15) is 5.00 Å². The average molecular weight is 449 g/mol. The van der Waals surface area contributed by atoms with E-state index < -0.39 is 17.8 Å². The quantitative estimate of drug-likeness (QED) is 0.599. The molecule has 2 aliphatic carbocycles. The fraction of sp³-hybridized carbons (Fsp3) is 0.708. The summed E-state index contributed by atoms with van der Waals surface area (Å²) in [7, 11) is 0. The summed E-state index contributed by atoms with van der Waals surface area (Å²) in [4.78, 5) is 39.0. The van der Waals surface area contributed by atoms with Gasteiger partial charge < -0.3 is 15.7 Å². The molecule has 31 heavy (non-hydrogen) atoms. The molecule has 3 atom stereocenters. The molecule has 0 saturated heterocycles. The summed E-state index contributed by atoms with van der Waals surface area (Å²) in [6.07, 6.45) is 5.55. The summed E-state index contributed by atoms with van der Waals surface area (Å²) in [6, 6.07) is -0.00717. The third kappa shape index (κ3) is 5.30. The SMILES string of the molecule is CC(C)NC(=O)c1c(NC(=O)[C@H]2CCCC[C@@H]2C(=O)O)sc2c1CC[C@H](C(C)(C)C)C2. The van der Waals surface area contributed by atoms with Gasteiger partial charge in [-0.2, -0.15) is 0 Å². The molecule has 0 unspecified atom stereocenters. The summed E-state index contributed by atoms with van der Waals surface area (Å²) in [5, 5.41) is 16.1. The number of carbonyl (C=O) groups excluding carboxylic acids is 2. The Kier molecular flexibility index (Phi) is 7.14. The second-order valence-electron chi connectivity index (χ2n) is 10.5. The predicted octanol–water partition coefficient (Wildman–Crippen LogP) is 4.87. The van der Waals surface area contributed by atoms with Crippen LogP contribution in [0.15, 0.2) is 0 Å². The Morgan fingerprint density at radius 3 is 2.29 bits per heavy atom. The maximum absolute atomic E-state index is 13.1. The fourth-order valence-electron chi connectivity index (χ4n) is 4.93. The van der Waals surface area contributed by atoms with Gasteiger partial charge >= 0.3 is 5.97 Å². The smallest absolute Gasteiger partial charge is 0.307 e. The van der Waals surface area contributed by atoms with Gasteiger partial charge in [-0.05, 0) is 62.8 Å². The number of hydrogen-bond donors (Lipinski definition) is 3. The zero-order chi connectivity index (χ0) is 22.9. The highest BCUT2D eigenvalue weighted by atomic mass is 32.1. The number of amides is 2. The number of carboxylic acids is 1. The Morgan fingerprint density at radius 2 is 1.71 bits per heavy atom. The first-order valence-corrected chi connectivity index (χ1v) is 12.3. The van der Waals surface area contributed by atoms with Crippen LogP contribution in [0.5, 0.6) is 0 Å². The lowest BCUT2D eigenvalue weighted by molar-refractivity contribution is -0.147. The van der Waals surface area contributed by atoms with Crippen LogP contribution in [-0.4, -0.2) is 28.9 Å². The van der Waals surface area contributed by atoms with Crippen LogP contribution in [0, 0.1) is 23.2 Å². The molecular weight excluding hydrogens is 412 g/mol. The second kappa shape index (κ2) is 9.31. The number of rotatable bonds is 5. The highest BCUT2D eigenvalue weighted by Crippen LogP contribution is 2.44. The zero-order valence-electron chi connectivity index (χ0n) is 19.3. The molecule has 1 aromatic rings. The third-order valence-corrected chi connectivity index (χ3v) is 7.96. The second-order valence-corrected chi connectivity index (χ2v) is 11.6. The van der Waals surface area contributed by atoms with E-state index in [0.717, 1.165) is 37.7 Å². The van der Waals surface area contributed by atoms with Gasteiger partial charge in [-0.15, -0.1) is 11.3 Å². The van der Waals surface area contributed by atoms with Crippen molar-refractivity contribution in [1.29, 1.82) is 0 Å². The summed E-state index contributed by atoms with van der Waals surface area (Å²) < 4.78 is 0. The lowest BCUT2D eigenvalue weighted by Crippen LogP contribution is -2.36. The highest BCUT2D eigenvalue weighted by molar-refractivity contribution is 7.17. The first kappa shape index (κ1) is 23.8. The number of carbonyl (C=O) groups is 3. The van der Waals surface area contributed by atoms with Gasteiger partial charge in [0.2, 0.25) is 5.91 Å². The minimum absolute atomic E-state index is 0.00717. The van der Waals surface area contributed by atoms with E-state index in [1.165, 1.54) is 16.2 Å². The number of carboxylic acid groups (broad SMARTS) is 1. The van der Waals surface area contributed by atoms with Gasteiger partial charge in [-0.3, -0.25) is 14.4 Å². The number of anilines is 1. The van der Waals surface area contributed by atoms with Crippen molar-refractivity contribution in [1.82, 2.24) is 5.32 Å². The Morgan fingerprint density at radius 1 is 1.06 bits per heavy atom. The molecule has 1 saturated carbocycles. The topological polar surface area (TPSA) is 95.5 Å². The van der Waals surface area contributed by atoms with Crippen molar-refractivity contribution in [3.05, 3.63) is 16.0 Å². The highest BCUT2D eigenvalue weighted by Gasteiger charge is 2.38. The van der Waals surface area contributed by atoms with Crippen LogP contribution < -0.4 is 10.6 Å². The molecule has 2 aliphatic rings. The van der Waals surface area contributed by atoms with Gasteiger partial charge in [-0.25, -0.2) is 0 Å².